The third kappa shape index (κ3) is 4.71. The van der Waals surface area contributed by atoms with Crippen molar-refractivity contribution in [2.75, 3.05) is 64.0 Å². The highest BCUT2D eigenvalue weighted by Crippen LogP contribution is 2.38. The number of piperazine rings is 1. The predicted molar refractivity (Wildman–Crippen MR) is 127 cm³/mol. The quantitative estimate of drug-likeness (QED) is 0.476. The van der Waals surface area contributed by atoms with Crippen LogP contribution in [0.5, 0.6) is 5.75 Å². The van der Waals surface area contributed by atoms with E-state index in [-0.39, 0.29) is 28.5 Å². The maximum absolute atomic E-state index is 13.6. The van der Waals surface area contributed by atoms with E-state index in [2.05, 4.69) is 9.80 Å². The van der Waals surface area contributed by atoms with Crippen LogP contribution >= 0.6 is 0 Å². The second-order valence-corrected chi connectivity index (χ2v) is 9.04. The molecule has 0 aliphatic carbocycles. The fourth-order valence-electron chi connectivity index (χ4n) is 5.30. The monoisotopic (exact) mass is 466 g/mol. The minimum absolute atomic E-state index is 0.0229. The summed E-state index contributed by atoms with van der Waals surface area (Å²) in [5.41, 5.74) is 1.98. The van der Waals surface area contributed by atoms with Gasteiger partial charge in [0.1, 0.15) is 12.4 Å². The summed E-state index contributed by atoms with van der Waals surface area (Å²) in [6, 6.07) is 14.9. The average Bonchev–Trinajstić information content (AvgIpc) is 2.88. The van der Waals surface area contributed by atoms with Crippen molar-refractivity contribution >= 4 is 17.3 Å². The number of nitrogens with zero attached hydrogens (tertiary/aromatic N) is 4. The Balaban J connectivity index is 1.34. The number of nitro benzene ring substituents is 1. The molecule has 3 aliphatic rings. The molecule has 0 saturated carbocycles. The normalized spacial score (nSPS) is 22.6. The average molecular weight is 467 g/mol. The Bertz CT molecular complexity index is 1030. The van der Waals surface area contributed by atoms with Crippen molar-refractivity contribution in [3.63, 3.8) is 0 Å². The van der Waals surface area contributed by atoms with Crippen LogP contribution in [0.3, 0.4) is 0 Å². The lowest BCUT2D eigenvalue weighted by Gasteiger charge is -2.50. The largest absolute Gasteiger partial charge is 0.492 e. The van der Waals surface area contributed by atoms with Crippen LogP contribution in [0.2, 0.25) is 0 Å². The Morgan fingerprint density at radius 2 is 1.88 bits per heavy atom. The molecule has 2 aromatic carbocycles. The molecule has 1 amide bonds. The van der Waals surface area contributed by atoms with Crippen LogP contribution in [0.4, 0.5) is 11.4 Å². The molecule has 3 aliphatic heterocycles. The number of para-hydroxylation sites is 1. The molecule has 0 bridgehead atoms. The number of non-ortho nitro benzene ring substituents is 1. The molecule has 34 heavy (non-hydrogen) atoms. The number of rotatable bonds is 6. The van der Waals surface area contributed by atoms with Crippen molar-refractivity contribution in [3.8, 4) is 5.75 Å². The molecular formula is C25H30N4O5. The topological polar surface area (TPSA) is 88.4 Å². The number of ether oxygens (including phenoxy) is 2. The van der Waals surface area contributed by atoms with Gasteiger partial charge >= 0.3 is 0 Å². The van der Waals surface area contributed by atoms with E-state index in [1.165, 1.54) is 0 Å². The summed E-state index contributed by atoms with van der Waals surface area (Å²) in [5.74, 6) is 0.734. The number of fused-ring (bicyclic) bond motifs is 3. The Labute approximate surface area is 199 Å². The van der Waals surface area contributed by atoms with Gasteiger partial charge < -0.3 is 19.3 Å². The van der Waals surface area contributed by atoms with E-state index >= 15 is 0 Å². The predicted octanol–water partition coefficient (Wildman–Crippen LogP) is 2.20. The number of nitro groups is 1. The molecule has 2 saturated heterocycles. The van der Waals surface area contributed by atoms with Gasteiger partial charge in [-0.15, -0.1) is 0 Å². The Morgan fingerprint density at radius 1 is 1.09 bits per heavy atom. The summed E-state index contributed by atoms with van der Waals surface area (Å²) in [5, 5.41) is 11.4. The smallest absolute Gasteiger partial charge is 0.269 e. The van der Waals surface area contributed by atoms with Crippen LogP contribution in [-0.2, 0) is 16.0 Å². The van der Waals surface area contributed by atoms with Crippen molar-refractivity contribution in [2.24, 2.45) is 5.92 Å². The molecule has 3 heterocycles. The first-order valence-corrected chi connectivity index (χ1v) is 11.9. The molecule has 2 atom stereocenters. The SMILES string of the molecule is O=C([C@@H]1Cc2cc([N+](=O)[O-])ccc2N2CCN(CCOc3ccccc3)C[C@@H]12)N1CCOCC1. The number of carbonyl (C=O) groups excluding carboxylic acids is 1. The lowest BCUT2D eigenvalue weighted by Crippen LogP contribution is -2.62. The number of morpholine rings is 1. The summed E-state index contributed by atoms with van der Waals surface area (Å²) < 4.78 is 11.3. The maximum atomic E-state index is 13.6. The highest BCUT2D eigenvalue weighted by Gasteiger charge is 2.43. The highest BCUT2D eigenvalue weighted by molar-refractivity contribution is 5.82. The van der Waals surface area contributed by atoms with Crippen LogP contribution in [0.1, 0.15) is 5.56 Å². The fourth-order valence-corrected chi connectivity index (χ4v) is 5.30. The van der Waals surface area contributed by atoms with Gasteiger partial charge in [-0.1, -0.05) is 18.2 Å². The minimum atomic E-state index is -0.365. The fraction of sp³-hybridized carbons (Fsp3) is 0.480. The van der Waals surface area contributed by atoms with Crippen molar-refractivity contribution in [1.29, 1.82) is 0 Å². The van der Waals surface area contributed by atoms with Crippen molar-refractivity contribution in [2.45, 2.75) is 12.5 Å². The number of amides is 1. The summed E-state index contributed by atoms with van der Waals surface area (Å²) >= 11 is 0. The van der Waals surface area contributed by atoms with Gasteiger partial charge in [-0.3, -0.25) is 19.8 Å². The van der Waals surface area contributed by atoms with Gasteiger partial charge in [0.05, 0.1) is 30.1 Å². The molecule has 0 radical (unpaired) electrons. The van der Waals surface area contributed by atoms with Gasteiger partial charge in [-0.2, -0.15) is 0 Å². The molecule has 9 heteroatoms. The third-order valence-corrected chi connectivity index (χ3v) is 7.05. The van der Waals surface area contributed by atoms with Crippen molar-refractivity contribution < 1.29 is 19.2 Å². The van der Waals surface area contributed by atoms with Gasteiger partial charge in [-0.25, -0.2) is 0 Å². The Kier molecular flexibility index (Phi) is 6.64. The number of anilines is 1. The molecule has 0 spiro atoms. The van der Waals surface area contributed by atoms with Crippen molar-refractivity contribution in [3.05, 3.63) is 64.2 Å². The molecule has 9 nitrogen and oxygen atoms in total. The van der Waals surface area contributed by atoms with Gasteiger partial charge in [0.15, 0.2) is 0 Å². The minimum Gasteiger partial charge on any atom is -0.492 e. The lowest BCUT2D eigenvalue weighted by atomic mass is 9.82. The summed E-state index contributed by atoms with van der Waals surface area (Å²) in [4.78, 5) is 31.2. The van der Waals surface area contributed by atoms with E-state index in [4.69, 9.17) is 9.47 Å². The second-order valence-electron chi connectivity index (χ2n) is 9.04. The molecule has 5 rings (SSSR count). The van der Waals surface area contributed by atoms with Crippen LogP contribution in [-0.4, -0.2) is 85.8 Å². The summed E-state index contributed by atoms with van der Waals surface area (Å²) in [6.07, 6.45) is 0.517. The zero-order valence-corrected chi connectivity index (χ0v) is 19.2. The van der Waals surface area contributed by atoms with Crippen LogP contribution in [0.15, 0.2) is 48.5 Å². The zero-order valence-electron chi connectivity index (χ0n) is 19.2. The van der Waals surface area contributed by atoms with Crippen LogP contribution < -0.4 is 9.64 Å². The van der Waals surface area contributed by atoms with Gasteiger partial charge in [0.2, 0.25) is 5.91 Å². The zero-order chi connectivity index (χ0) is 23.5. The first kappa shape index (κ1) is 22.6. The van der Waals surface area contributed by atoms with Gasteiger partial charge in [0, 0.05) is 57.1 Å². The van der Waals surface area contributed by atoms with Gasteiger partial charge in [-0.05, 0) is 30.2 Å². The van der Waals surface area contributed by atoms with Gasteiger partial charge in [0.25, 0.3) is 5.69 Å². The maximum Gasteiger partial charge on any atom is 0.269 e. The van der Waals surface area contributed by atoms with E-state index in [9.17, 15) is 14.9 Å². The van der Waals surface area contributed by atoms with E-state index in [0.29, 0.717) is 39.3 Å². The van der Waals surface area contributed by atoms with E-state index in [0.717, 1.165) is 43.2 Å². The highest BCUT2D eigenvalue weighted by atomic mass is 16.6. The summed E-state index contributed by atoms with van der Waals surface area (Å²) in [7, 11) is 0. The standard InChI is InChI=1S/C25H30N4O5/c30-25(27-11-13-33-14-12-27)22-17-19-16-20(29(31)32)6-7-23(19)28-9-8-26(18-24(22)28)10-15-34-21-4-2-1-3-5-21/h1-7,16,22,24H,8-15,17-18H2/t22-,24+/m1/s1. The van der Waals surface area contributed by atoms with Crippen LogP contribution in [0, 0.1) is 16.0 Å². The third-order valence-electron chi connectivity index (χ3n) is 7.05. The van der Waals surface area contributed by atoms with Crippen LogP contribution in [0.25, 0.3) is 0 Å². The Hall–Kier alpha value is -3.17. The molecular weight excluding hydrogens is 436 g/mol. The first-order chi connectivity index (χ1) is 16.6. The second kappa shape index (κ2) is 9.99. The number of benzene rings is 2. The molecule has 0 unspecified atom stereocenters. The van der Waals surface area contributed by atoms with Crippen molar-refractivity contribution in [1.82, 2.24) is 9.80 Å². The molecule has 0 N–H and O–H groups in total. The molecule has 2 aromatic rings. The number of carbonyl (C=O) groups is 1. The molecule has 0 aromatic heterocycles. The van der Waals surface area contributed by atoms with E-state index in [1.54, 1.807) is 12.1 Å². The van der Waals surface area contributed by atoms with E-state index in [1.807, 2.05) is 41.3 Å². The molecule has 180 valence electrons. The molecule has 2 fully saturated rings. The summed E-state index contributed by atoms with van der Waals surface area (Å²) in [6.45, 7) is 6.05. The van der Waals surface area contributed by atoms with E-state index < -0.39 is 0 Å². The first-order valence-electron chi connectivity index (χ1n) is 11.9. The number of hydrogen-bond acceptors (Lipinski definition) is 7. The Morgan fingerprint density at radius 3 is 2.65 bits per heavy atom. The number of hydrogen-bond donors (Lipinski definition) is 0. The lowest BCUT2D eigenvalue weighted by molar-refractivity contribution is -0.384.